The number of aliphatic carboxylic acids is 1. The first kappa shape index (κ1) is 15.3. The van der Waals surface area contributed by atoms with E-state index in [4.69, 9.17) is 0 Å². The Bertz CT molecular complexity index is 501. The highest BCUT2D eigenvalue weighted by Crippen LogP contribution is 2.26. The van der Waals surface area contributed by atoms with Gasteiger partial charge in [-0.3, -0.25) is 5.10 Å². The van der Waals surface area contributed by atoms with Gasteiger partial charge in [0.15, 0.2) is 0 Å². The highest BCUT2D eigenvalue weighted by atomic mass is 16.4. The van der Waals surface area contributed by atoms with Crippen molar-refractivity contribution >= 4 is 17.7 Å². The number of carbonyl (C=O) groups excluding carboxylic acids is 1. The lowest BCUT2D eigenvalue weighted by atomic mass is 9.84. The van der Waals surface area contributed by atoms with Gasteiger partial charge >= 0.3 is 12.0 Å². The van der Waals surface area contributed by atoms with Crippen molar-refractivity contribution in [3.63, 3.8) is 0 Å². The van der Waals surface area contributed by atoms with Gasteiger partial charge in [-0.05, 0) is 32.6 Å². The molecular formula is C14H22N4O3. The second-order valence-electron chi connectivity index (χ2n) is 5.62. The molecule has 0 saturated heterocycles. The zero-order chi connectivity index (χ0) is 15.4. The van der Waals surface area contributed by atoms with Crippen molar-refractivity contribution in [1.29, 1.82) is 0 Å². The maximum absolute atomic E-state index is 12.0. The van der Waals surface area contributed by atoms with Gasteiger partial charge < -0.3 is 15.7 Å². The second-order valence-corrected chi connectivity index (χ2v) is 5.62. The van der Waals surface area contributed by atoms with Crippen LogP contribution in [-0.4, -0.2) is 33.3 Å². The van der Waals surface area contributed by atoms with Gasteiger partial charge in [0.2, 0.25) is 0 Å². The van der Waals surface area contributed by atoms with E-state index < -0.39 is 18.0 Å². The molecule has 116 valence electrons. The number of nitrogens with zero attached hydrogens (tertiary/aromatic N) is 1. The van der Waals surface area contributed by atoms with Gasteiger partial charge in [0.05, 0.1) is 17.1 Å². The van der Waals surface area contributed by atoms with Gasteiger partial charge in [0.1, 0.15) is 6.04 Å². The summed E-state index contributed by atoms with van der Waals surface area (Å²) in [5.41, 5.74) is 2.01. The lowest BCUT2D eigenvalue weighted by Gasteiger charge is -2.28. The summed E-state index contributed by atoms with van der Waals surface area (Å²) in [6.45, 7) is 3.57. The van der Waals surface area contributed by atoms with E-state index in [1.54, 1.807) is 13.8 Å². The molecule has 1 aromatic rings. The van der Waals surface area contributed by atoms with Gasteiger partial charge in [0.25, 0.3) is 0 Å². The Morgan fingerprint density at radius 1 is 1.29 bits per heavy atom. The van der Waals surface area contributed by atoms with Crippen LogP contribution in [0.4, 0.5) is 10.5 Å². The molecule has 1 heterocycles. The fourth-order valence-electron chi connectivity index (χ4n) is 2.87. The highest BCUT2D eigenvalue weighted by molar-refractivity contribution is 5.93. The van der Waals surface area contributed by atoms with E-state index in [1.165, 1.54) is 0 Å². The van der Waals surface area contributed by atoms with E-state index in [9.17, 15) is 14.7 Å². The molecule has 2 rings (SSSR count). The molecule has 4 N–H and O–H groups in total. The van der Waals surface area contributed by atoms with Crippen molar-refractivity contribution in [1.82, 2.24) is 15.5 Å². The Labute approximate surface area is 123 Å². The smallest absolute Gasteiger partial charge is 0.326 e. The molecule has 7 heteroatoms. The zero-order valence-corrected chi connectivity index (χ0v) is 12.4. The predicted octanol–water partition coefficient (Wildman–Crippen LogP) is 2.18. The molecule has 2 amide bonds. The molecule has 0 bridgehead atoms. The number of anilines is 1. The molecule has 0 spiro atoms. The largest absolute Gasteiger partial charge is 0.480 e. The number of aromatic amines is 1. The van der Waals surface area contributed by atoms with Crippen LogP contribution >= 0.6 is 0 Å². The number of aromatic nitrogens is 2. The van der Waals surface area contributed by atoms with Crippen LogP contribution in [0.5, 0.6) is 0 Å². The minimum absolute atomic E-state index is 0.00791. The topological polar surface area (TPSA) is 107 Å². The molecule has 1 saturated carbocycles. The number of amides is 2. The maximum atomic E-state index is 12.0. The number of carboxylic acids is 1. The van der Waals surface area contributed by atoms with Crippen molar-refractivity contribution in [2.24, 2.45) is 5.92 Å². The Morgan fingerprint density at radius 2 is 1.95 bits per heavy atom. The van der Waals surface area contributed by atoms with Crippen molar-refractivity contribution < 1.29 is 14.7 Å². The molecule has 1 aliphatic carbocycles. The predicted molar refractivity (Wildman–Crippen MR) is 78.2 cm³/mol. The van der Waals surface area contributed by atoms with Gasteiger partial charge in [-0.1, -0.05) is 19.3 Å². The van der Waals surface area contributed by atoms with E-state index in [0.717, 1.165) is 37.8 Å². The van der Waals surface area contributed by atoms with Crippen LogP contribution in [-0.2, 0) is 4.79 Å². The van der Waals surface area contributed by atoms with E-state index in [2.05, 4.69) is 20.8 Å². The number of nitrogens with one attached hydrogen (secondary N) is 3. The zero-order valence-electron chi connectivity index (χ0n) is 12.4. The molecule has 1 atom stereocenters. The quantitative estimate of drug-likeness (QED) is 0.682. The number of urea groups is 1. The molecule has 0 aliphatic heterocycles. The van der Waals surface area contributed by atoms with Crippen LogP contribution in [0.3, 0.4) is 0 Å². The average Bonchev–Trinajstić information content (AvgIpc) is 2.77. The van der Waals surface area contributed by atoms with Crippen LogP contribution in [0.15, 0.2) is 0 Å². The van der Waals surface area contributed by atoms with E-state index >= 15 is 0 Å². The summed E-state index contributed by atoms with van der Waals surface area (Å²) in [6, 6.07) is -1.33. The number of rotatable bonds is 4. The SMILES string of the molecule is Cc1n[nH]c(C)c1NC(=O)NC(C(=O)O)C1CCCCC1. The Kier molecular flexibility index (Phi) is 4.82. The lowest BCUT2D eigenvalue weighted by Crippen LogP contribution is -2.48. The first-order valence-corrected chi connectivity index (χ1v) is 7.31. The van der Waals surface area contributed by atoms with Crippen molar-refractivity contribution in [3.8, 4) is 0 Å². The van der Waals surface area contributed by atoms with Gasteiger partial charge in [-0.2, -0.15) is 5.10 Å². The minimum Gasteiger partial charge on any atom is -0.480 e. The average molecular weight is 294 g/mol. The summed E-state index contributed by atoms with van der Waals surface area (Å²) in [5, 5.41) is 21.4. The summed E-state index contributed by atoms with van der Waals surface area (Å²) in [4.78, 5) is 23.5. The van der Waals surface area contributed by atoms with Crippen LogP contribution < -0.4 is 10.6 Å². The van der Waals surface area contributed by atoms with E-state index in [1.807, 2.05) is 0 Å². The monoisotopic (exact) mass is 294 g/mol. The standard InChI is InChI=1S/C14H22N4O3/c1-8-11(9(2)18-17-8)15-14(21)16-12(13(19)20)10-6-4-3-5-7-10/h10,12H,3-7H2,1-2H3,(H,17,18)(H,19,20)(H2,15,16,21). The summed E-state index contributed by atoms with van der Waals surface area (Å²) < 4.78 is 0. The van der Waals surface area contributed by atoms with Crippen LogP contribution in [0, 0.1) is 19.8 Å². The molecule has 1 aliphatic rings. The van der Waals surface area contributed by atoms with Crippen LogP contribution in [0.25, 0.3) is 0 Å². The summed E-state index contributed by atoms with van der Waals surface area (Å²) in [5.74, 6) is -0.966. The molecule has 7 nitrogen and oxygen atoms in total. The molecule has 0 aromatic carbocycles. The first-order valence-electron chi connectivity index (χ1n) is 7.31. The summed E-state index contributed by atoms with van der Waals surface area (Å²) >= 11 is 0. The van der Waals surface area contributed by atoms with Crippen molar-refractivity contribution in [3.05, 3.63) is 11.4 Å². The highest BCUT2D eigenvalue weighted by Gasteiger charge is 2.30. The third-order valence-electron chi connectivity index (χ3n) is 4.04. The Hall–Kier alpha value is -2.05. The number of carbonyl (C=O) groups is 2. The summed E-state index contributed by atoms with van der Waals surface area (Å²) in [7, 11) is 0. The minimum atomic E-state index is -0.974. The van der Waals surface area contributed by atoms with Crippen LogP contribution in [0.1, 0.15) is 43.5 Å². The van der Waals surface area contributed by atoms with Crippen molar-refractivity contribution in [2.75, 3.05) is 5.32 Å². The van der Waals surface area contributed by atoms with Gasteiger partial charge in [-0.15, -0.1) is 0 Å². The summed E-state index contributed by atoms with van der Waals surface area (Å²) in [6.07, 6.45) is 4.89. The number of aryl methyl sites for hydroxylation is 2. The molecule has 21 heavy (non-hydrogen) atoms. The van der Waals surface area contributed by atoms with Gasteiger partial charge in [0, 0.05) is 0 Å². The third-order valence-corrected chi connectivity index (χ3v) is 4.04. The normalized spacial score (nSPS) is 17.2. The van der Waals surface area contributed by atoms with Crippen molar-refractivity contribution in [2.45, 2.75) is 52.0 Å². The van der Waals surface area contributed by atoms with E-state index in [-0.39, 0.29) is 5.92 Å². The van der Waals surface area contributed by atoms with Gasteiger partial charge in [-0.25, -0.2) is 9.59 Å². The number of H-pyrrole nitrogens is 1. The number of hydrogen-bond donors (Lipinski definition) is 4. The second kappa shape index (κ2) is 6.60. The van der Waals surface area contributed by atoms with E-state index in [0.29, 0.717) is 11.4 Å². The molecule has 1 aromatic heterocycles. The maximum Gasteiger partial charge on any atom is 0.326 e. The molecule has 1 fully saturated rings. The molecule has 1 unspecified atom stereocenters. The van der Waals surface area contributed by atoms with Crippen LogP contribution in [0.2, 0.25) is 0 Å². The Balaban J connectivity index is 1.99. The Morgan fingerprint density at radius 3 is 2.48 bits per heavy atom. The first-order chi connectivity index (χ1) is 9.99. The fourth-order valence-corrected chi connectivity index (χ4v) is 2.87. The fraction of sp³-hybridized carbons (Fsp3) is 0.643. The molecule has 0 radical (unpaired) electrons. The number of hydrogen-bond acceptors (Lipinski definition) is 3. The lowest BCUT2D eigenvalue weighted by molar-refractivity contribution is -0.141. The number of carboxylic acid groups (broad SMARTS) is 1. The molecular weight excluding hydrogens is 272 g/mol. The third kappa shape index (κ3) is 3.74.